The molecule has 0 amide bonds. The van der Waals surface area contributed by atoms with Crippen molar-refractivity contribution >= 4 is 0 Å². The van der Waals surface area contributed by atoms with Crippen molar-refractivity contribution in [1.82, 2.24) is 15.0 Å². The molecule has 3 atom stereocenters. The van der Waals surface area contributed by atoms with Gasteiger partial charge in [-0.25, -0.2) is 4.68 Å². The summed E-state index contributed by atoms with van der Waals surface area (Å²) in [6, 6.07) is 0. The summed E-state index contributed by atoms with van der Waals surface area (Å²) < 4.78 is 2.03. The van der Waals surface area contributed by atoms with Gasteiger partial charge in [0.2, 0.25) is 0 Å². The summed E-state index contributed by atoms with van der Waals surface area (Å²) in [6.45, 7) is 3.41. The lowest BCUT2D eigenvalue weighted by Gasteiger charge is -2.09. The molecule has 1 unspecified atom stereocenters. The van der Waals surface area contributed by atoms with Crippen molar-refractivity contribution < 1.29 is 5.11 Å². The normalized spacial score (nSPS) is 32.5. The van der Waals surface area contributed by atoms with E-state index in [1.807, 2.05) is 4.68 Å². The van der Waals surface area contributed by atoms with Gasteiger partial charge in [0.15, 0.2) is 0 Å². The fraction of sp³-hybridized carbons (Fsp3) is 0.833. The number of aryl methyl sites for hydroxylation is 2. The Morgan fingerprint density at radius 2 is 2.06 bits per heavy atom. The zero-order valence-electron chi connectivity index (χ0n) is 9.76. The molecule has 4 nitrogen and oxygen atoms in total. The van der Waals surface area contributed by atoms with Crippen LogP contribution in [0.15, 0.2) is 0 Å². The van der Waals surface area contributed by atoms with Gasteiger partial charge in [0, 0.05) is 13.2 Å². The molecule has 0 spiro atoms. The molecule has 1 heterocycles. The number of fused-ring (bicyclic) bond motifs is 2. The molecular weight excluding hydrogens is 202 g/mol. The Labute approximate surface area is 95.7 Å². The van der Waals surface area contributed by atoms with Gasteiger partial charge < -0.3 is 5.11 Å². The minimum absolute atomic E-state index is 0.374. The molecule has 1 fully saturated rings. The third-order valence-corrected chi connectivity index (χ3v) is 4.37. The first-order valence-corrected chi connectivity index (χ1v) is 6.37. The lowest BCUT2D eigenvalue weighted by atomic mass is 10.0. The standard InChI is InChI=1S/C12H19N3O/c1-2-15-12-6-4-9-8(10(9)7-16)3-5-11(12)13-14-15/h8-10,16H,2-7H2,1H3/t8-,9+,10?/m0/s1. The van der Waals surface area contributed by atoms with Crippen LogP contribution < -0.4 is 0 Å². The maximum Gasteiger partial charge on any atom is 0.0859 e. The van der Waals surface area contributed by atoms with Crippen molar-refractivity contribution in [2.24, 2.45) is 17.8 Å². The number of aromatic nitrogens is 3. The van der Waals surface area contributed by atoms with Gasteiger partial charge in [0.05, 0.1) is 11.4 Å². The van der Waals surface area contributed by atoms with Gasteiger partial charge in [-0.15, -0.1) is 5.10 Å². The summed E-state index contributed by atoms with van der Waals surface area (Å²) in [6.07, 6.45) is 4.53. The summed E-state index contributed by atoms with van der Waals surface area (Å²) in [5.74, 6) is 2.09. The summed E-state index contributed by atoms with van der Waals surface area (Å²) in [4.78, 5) is 0. The maximum absolute atomic E-state index is 9.26. The molecule has 1 aromatic rings. The molecule has 2 aliphatic carbocycles. The summed E-state index contributed by atoms with van der Waals surface area (Å²) in [7, 11) is 0. The van der Waals surface area contributed by atoms with Gasteiger partial charge in [-0.2, -0.15) is 0 Å². The first kappa shape index (κ1) is 10.3. The minimum Gasteiger partial charge on any atom is -0.396 e. The van der Waals surface area contributed by atoms with Crippen LogP contribution in [0.1, 0.15) is 31.2 Å². The second-order valence-electron chi connectivity index (χ2n) is 5.05. The van der Waals surface area contributed by atoms with Gasteiger partial charge in [-0.05, 0) is 50.4 Å². The Hall–Kier alpha value is -0.900. The number of hydrogen-bond donors (Lipinski definition) is 1. The molecule has 0 aliphatic heterocycles. The zero-order chi connectivity index (χ0) is 11.1. The van der Waals surface area contributed by atoms with Gasteiger partial charge >= 0.3 is 0 Å². The highest BCUT2D eigenvalue weighted by molar-refractivity contribution is 5.15. The highest BCUT2D eigenvalue weighted by Gasteiger charge is 2.49. The van der Waals surface area contributed by atoms with Crippen LogP contribution in [0.25, 0.3) is 0 Å². The van der Waals surface area contributed by atoms with E-state index >= 15 is 0 Å². The Bertz CT molecular complexity index is 388. The third kappa shape index (κ3) is 1.47. The Balaban J connectivity index is 1.80. The average molecular weight is 221 g/mol. The smallest absolute Gasteiger partial charge is 0.0859 e. The summed E-state index contributed by atoms with van der Waals surface area (Å²) in [5.41, 5.74) is 2.54. The molecule has 0 radical (unpaired) electrons. The second kappa shape index (κ2) is 3.84. The highest BCUT2D eigenvalue weighted by atomic mass is 16.3. The van der Waals surface area contributed by atoms with Crippen LogP contribution >= 0.6 is 0 Å². The topological polar surface area (TPSA) is 50.9 Å². The lowest BCUT2D eigenvalue weighted by Crippen LogP contribution is -2.07. The predicted molar refractivity (Wildman–Crippen MR) is 59.9 cm³/mol. The molecule has 88 valence electrons. The quantitative estimate of drug-likeness (QED) is 0.811. The average Bonchev–Trinajstić information content (AvgIpc) is 2.80. The molecule has 0 bridgehead atoms. The van der Waals surface area contributed by atoms with Crippen LogP contribution in [0, 0.1) is 17.8 Å². The van der Waals surface area contributed by atoms with E-state index in [2.05, 4.69) is 17.2 Å². The van der Waals surface area contributed by atoms with Crippen molar-refractivity contribution in [3.05, 3.63) is 11.4 Å². The van der Waals surface area contributed by atoms with Crippen LogP contribution in [0.3, 0.4) is 0 Å². The Morgan fingerprint density at radius 1 is 1.31 bits per heavy atom. The summed E-state index contributed by atoms with van der Waals surface area (Å²) >= 11 is 0. The first-order chi connectivity index (χ1) is 7.85. The minimum atomic E-state index is 0.374. The van der Waals surface area contributed by atoms with Crippen LogP contribution in [-0.2, 0) is 19.4 Å². The van der Waals surface area contributed by atoms with Crippen LogP contribution in [0.2, 0.25) is 0 Å². The molecule has 4 heteroatoms. The molecule has 3 rings (SSSR count). The van der Waals surface area contributed by atoms with E-state index in [0.29, 0.717) is 12.5 Å². The van der Waals surface area contributed by atoms with Crippen molar-refractivity contribution in [2.75, 3.05) is 6.61 Å². The van der Waals surface area contributed by atoms with Crippen molar-refractivity contribution in [2.45, 2.75) is 39.2 Å². The van der Waals surface area contributed by atoms with E-state index in [4.69, 9.17) is 0 Å². The monoisotopic (exact) mass is 221 g/mol. The van der Waals surface area contributed by atoms with E-state index in [0.717, 1.165) is 31.2 Å². The number of nitrogens with zero attached hydrogens (tertiary/aromatic N) is 3. The number of hydrogen-bond acceptors (Lipinski definition) is 3. The van der Waals surface area contributed by atoms with Crippen LogP contribution in [0.4, 0.5) is 0 Å². The van der Waals surface area contributed by atoms with Crippen LogP contribution in [0.5, 0.6) is 0 Å². The van der Waals surface area contributed by atoms with Gasteiger partial charge in [-0.1, -0.05) is 5.21 Å². The largest absolute Gasteiger partial charge is 0.396 e. The molecule has 16 heavy (non-hydrogen) atoms. The van der Waals surface area contributed by atoms with E-state index in [1.165, 1.54) is 24.2 Å². The number of aliphatic hydroxyl groups is 1. The fourth-order valence-corrected chi connectivity index (χ4v) is 3.35. The molecule has 0 saturated heterocycles. The zero-order valence-corrected chi connectivity index (χ0v) is 9.76. The van der Waals surface area contributed by atoms with Crippen molar-refractivity contribution in [1.29, 1.82) is 0 Å². The number of rotatable bonds is 2. The summed E-state index contributed by atoms with van der Waals surface area (Å²) in [5, 5.41) is 17.7. The van der Waals surface area contributed by atoms with Crippen molar-refractivity contribution in [3.8, 4) is 0 Å². The van der Waals surface area contributed by atoms with E-state index in [9.17, 15) is 5.11 Å². The van der Waals surface area contributed by atoms with E-state index < -0.39 is 0 Å². The van der Waals surface area contributed by atoms with Gasteiger partial charge in [0.25, 0.3) is 0 Å². The highest BCUT2D eigenvalue weighted by Crippen LogP contribution is 2.52. The number of aliphatic hydroxyl groups excluding tert-OH is 1. The van der Waals surface area contributed by atoms with E-state index in [-0.39, 0.29) is 0 Å². The van der Waals surface area contributed by atoms with Crippen molar-refractivity contribution in [3.63, 3.8) is 0 Å². The van der Waals surface area contributed by atoms with Gasteiger partial charge in [-0.3, -0.25) is 0 Å². The fourth-order valence-electron chi connectivity index (χ4n) is 3.35. The predicted octanol–water partition coefficient (Wildman–Crippen LogP) is 1.03. The molecule has 0 aromatic carbocycles. The Morgan fingerprint density at radius 3 is 2.75 bits per heavy atom. The first-order valence-electron chi connectivity index (χ1n) is 6.37. The molecule has 2 aliphatic rings. The maximum atomic E-state index is 9.26. The molecule has 1 N–H and O–H groups in total. The third-order valence-electron chi connectivity index (χ3n) is 4.37. The van der Waals surface area contributed by atoms with Gasteiger partial charge in [0.1, 0.15) is 0 Å². The molecule has 1 saturated carbocycles. The second-order valence-corrected chi connectivity index (χ2v) is 5.05. The Kier molecular flexibility index (Phi) is 2.46. The lowest BCUT2D eigenvalue weighted by molar-refractivity contribution is 0.262. The SMILES string of the molecule is CCn1nnc2c1CC[C@H]1C(CO)[C@H]1CC2. The van der Waals surface area contributed by atoms with E-state index in [1.54, 1.807) is 0 Å². The van der Waals surface area contributed by atoms with Crippen LogP contribution in [-0.4, -0.2) is 26.7 Å². The molecular formula is C12H19N3O. The molecule has 1 aromatic heterocycles.